The smallest absolute Gasteiger partial charge is 0.0998 e. The maximum Gasteiger partial charge on any atom is 0.0998 e. The SMILES string of the molecule is CN(C)Cc1ccccc1-c1ccccc1C#N. The summed E-state index contributed by atoms with van der Waals surface area (Å²) in [6, 6.07) is 18.3. The van der Waals surface area contributed by atoms with Gasteiger partial charge >= 0.3 is 0 Å². The van der Waals surface area contributed by atoms with Gasteiger partial charge in [0.25, 0.3) is 0 Å². The normalized spacial score (nSPS) is 10.3. The summed E-state index contributed by atoms with van der Waals surface area (Å²) in [6.07, 6.45) is 0. The van der Waals surface area contributed by atoms with Crippen molar-refractivity contribution in [2.75, 3.05) is 14.1 Å². The Labute approximate surface area is 108 Å². The van der Waals surface area contributed by atoms with E-state index >= 15 is 0 Å². The van der Waals surface area contributed by atoms with Crippen LogP contribution in [0.5, 0.6) is 0 Å². The van der Waals surface area contributed by atoms with Crippen LogP contribution >= 0.6 is 0 Å². The fourth-order valence-corrected chi connectivity index (χ4v) is 2.08. The van der Waals surface area contributed by atoms with Gasteiger partial charge in [0, 0.05) is 6.54 Å². The Morgan fingerprint density at radius 2 is 1.56 bits per heavy atom. The van der Waals surface area contributed by atoms with E-state index in [2.05, 4.69) is 23.1 Å². The number of benzene rings is 2. The third-order valence-electron chi connectivity index (χ3n) is 2.84. The van der Waals surface area contributed by atoms with Gasteiger partial charge in [0.15, 0.2) is 0 Å². The van der Waals surface area contributed by atoms with Gasteiger partial charge in [-0.3, -0.25) is 0 Å². The lowest BCUT2D eigenvalue weighted by molar-refractivity contribution is 0.403. The second-order valence-electron chi connectivity index (χ2n) is 4.55. The zero-order valence-corrected chi connectivity index (χ0v) is 10.7. The first-order chi connectivity index (χ1) is 8.72. The van der Waals surface area contributed by atoms with Crippen molar-refractivity contribution in [1.29, 1.82) is 5.26 Å². The first-order valence-electron chi connectivity index (χ1n) is 5.94. The molecule has 0 aliphatic rings. The maximum atomic E-state index is 9.19. The van der Waals surface area contributed by atoms with Gasteiger partial charge < -0.3 is 4.90 Å². The van der Waals surface area contributed by atoms with Crippen LogP contribution in [0.4, 0.5) is 0 Å². The standard InChI is InChI=1S/C16H16N2/c1-18(2)12-14-8-4-6-10-16(14)15-9-5-3-7-13(15)11-17/h3-10H,12H2,1-2H3. The number of rotatable bonds is 3. The average Bonchev–Trinajstić information content (AvgIpc) is 2.39. The summed E-state index contributed by atoms with van der Waals surface area (Å²) in [7, 11) is 4.10. The van der Waals surface area contributed by atoms with Crippen LogP contribution in [0.1, 0.15) is 11.1 Å². The highest BCUT2D eigenvalue weighted by atomic mass is 15.0. The van der Waals surface area contributed by atoms with Crippen LogP contribution in [-0.4, -0.2) is 19.0 Å². The molecule has 2 nitrogen and oxygen atoms in total. The van der Waals surface area contributed by atoms with E-state index in [9.17, 15) is 5.26 Å². The topological polar surface area (TPSA) is 27.0 Å². The summed E-state index contributed by atoms with van der Waals surface area (Å²) in [5.41, 5.74) is 4.12. The molecule has 0 aromatic heterocycles. The van der Waals surface area contributed by atoms with Crippen molar-refractivity contribution in [2.45, 2.75) is 6.54 Å². The van der Waals surface area contributed by atoms with E-state index in [0.29, 0.717) is 0 Å². The van der Waals surface area contributed by atoms with Gasteiger partial charge in [-0.1, -0.05) is 42.5 Å². The fraction of sp³-hybridized carbons (Fsp3) is 0.188. The molecule has 0 saturated heterocycles. The quantitative estimate of drug-likeness (QED) is 0.817. The van der Waals surface area contributed by atoms with Gasteiger partial charge in [0.1, 0.15) is 0 Å². The molecular weight excluding hydrogens is 220 g/mol. The van der Waals surface area contributed by atoms with Crippen LogP contribution in [0.3, 0.4) is 0 Å². The fourth-order valence-electron chi connectivity index (χ4n) is 2.08. The highest BCUT2D eigenvalue weighted by Gasteiger charge is 2.08. The van der Waals surface area contributed by atoms with Crippen LogP contribution in [0.2, 0.25) is 0 Å². The molecule has 0 radical (unpaired) electrons. The highest BCUT2D eigenvalue weighted by Crippen LogP contribution is 2.27. The summed E-state index contributed by atoms with van der Waals surface area (Å²) in [5, 5.41) is 9.19. The zero-order chi connectivity index (χ0) is 13.0. The molecule has 0 aliphatic heterocycles. The Bertz CT molecular complexity index is 580. The molecule has 90 valence electrons. The van der Waals surface area contributed by atoms with Crippen molar-refractivity contribution < 1.29 is 0 Å². The zero-order valence-electron chi connectivity index (χ0n) is 10.7. The molecule has 0 heterocycles. The minimum Gasteiger partial charge on any atom is -0.305 e. The molecular formula is C16H16N2. The molecule has 2 rings (SSSR count). The Kier molecular flexibility index (Phi) is 3.76. The van der Waals surface area contributed by atoms with E-state index in [1.54, 1.807) is 0 Å². The molecule has 0 unspecified atom stereocenters. The molecule has 0 fully saturated rings. The monoisotopic (exact) mass is 236 g/mol. The molecule has 0 bridgehead atoms. The second kappa shape index (κ2) is 5.48. The first-order valence-corrected chi connectivity index (χ1v) is 5.94. The second-order valence-corrected chi connectivity index (χ2v) is 4.55. The molecule has 0 atom stereocenters. The minimum absolute atomic E-state index is 0.726. The molecule has 18 heavy (non-hydrogen) atoms. The van der Waals surface area contributed by atoms with Gasteiger partial charge in [-0.25, -0.2) is 0 Å². The Hall–Kier alpha value is -2.11. The summed E-state index contributed by atoms with van der Waals surface area (Å²) < 4.78 is 0. The van der Waals surface area contributed by atoms with Gasteiger partial charge in [-0.2, -0.15) is 5.26 Å². The number of hydrogen-bond acceptors (Lipinski definition) is 2. The van der Waals surface area contributed by atoms with Crippen LogP contribution in [0, 0.1) is 11.3 Å². The number of nitriles is 1. The lowest BCUT2D eigenvalue weighted by Gasteiger charge is -2.15. The van der Waals surface area contributed by atoms with Crippen molar-refractivity contribution in [3.05, 3.63) is 59.7 Å². The summed E-state index contributed by atoms with van der Waals surface area (Å²) in [5.74, 6) is 0. The van der Waals surface area contributed by atoms with Gasteiger partial charge in [0.05, 0.1) is 11.6 Å². The van der Waals surface area contributed by atoms with Crippen molar-refractivity contribution in [1.82, 2.24) is 4.90 Å². The third-order valence-corrected chi connectivity index (χ3v) is 2.84. The Balaban J connectivity index is 2.54. The van der Waals surface area contributed by atoms with Gasteiger partial charge in [-0.15, -0.1) is 0 Å². The molecule has 2 heteroatoms. The summed E-state index contributed by atoms with van der Waals surface area (Å²) in [4.78, 5) is 2.13. The van der Waals surface area contributed by atoms with Crippen LogP contribution in [-0.2, 0) is 6.54 Å². The van der Waals surface area contributed by atoms with E-state index in [1.807, 2.05) is 50.5 Å². The van der Waals surface area contributed by atoms with E-state index in [-0.39, 0.29) is 0 Å². The lowest BCUT2D eigenvalue weighted by atomic mass is 9.96. The highest BCUT2D eigenvalue weighted by molar-refractivity contribution is 5.73. The summed E-state index contributed by atoms with van der Waals surface area (Å²) >= 11 is 0. The first kappa shape index (κ1) is 12.3. The molecule has 0 N–H and O–H groups in total. The predicted molar refractivity (Wildman–Crippen MR) is 74.0 cm³/mol. The van der Waals surface area contributed by atoms with E-state index in [1.165, 1.54) is 5.56 Å². The van der Waals surface area contributed by atoms with Crippen molar-refractivity contribution in [3.8, 4) is 17.2 Å². The molecule has 0 saturated carbocycles. The number of nitrogens with zero attached hydrogens (tertiary/aromatic N) is 2. The lowest BCUT2D eigenvalue weighted by Crippen LogP contribution is -2.11. The maximum absolute atomic E-state index is 9.19. The van der Waals surface area contributed by atoms with Crippen LogP contribution in [0.25, 0.3) is 11.1 Å². The largest absolute Gasteiger partial charge is 0.305 e. The minimum atomic E-state index is 0.726. The van der Waals surface area contributed by atoms with E-state index < -0.39 is 0 Å². The van der Waals surface area contributed by atoms with E-state index in [0.717, 1.165) is 23.2 Å². The van der Waals surface area contributed by atoms with Crippen molar-refractivity contribution in [2.24, 2.45) is 0 Å². The molecule has 2 aromatic rings. The number of hydrogen-bond donors (Lipinski definition) is 0. The van der Waals surface area contributed by atoms with Crippen LogP contribution < -0.4 is 0 Å². The molecule has 2 aromatic carbocycles. The van der Waals surface area contributed by atoms with Crippen molar-refractivity contribution >= 4 is 0 Å². The average molecular weight is 236 g/mol. The molecule has 0 spiro atoms. The van der Waals surface area contributed by atoms with Crippen molar-refractivity contribution in [3.63, 3.8) is 0 Å². The third kappa shape index (κ3) is 2.58. The summed E-state index contributed by atoms with van der Waals surface area (Å²) in [6.45, 7) is 0.871. The predicted octanol–water partition coefficient (Wildman–Crippen LogP) is 3.29. The van der Waals surface area contributed by atoms with Crippen LogP contribution in [0.15, 0.2) is 48.5 Å². The molecule has 0 aliphatic carbocycles. The van der Waals surface area contributed by atoms with Gasteiger partial charge in [-0.05, 0) is 36.9 Å². The Morgan fingerprint density at radius 1 is 0.944 bits per heavy atom. The van der Waals surface area contributed by atoms with E-state index in [4.69, 9.17) is 0 Å². The Morgan fingerprint density at radius 3 is 2.22 bits per heavy atom. The van der Waals surface area contributed by atoms with Gasteiger partial charge in [0.2, 0.25) is 0 Å². The molecule has 0 amide bonds.